The van der Waals surface area contributed by atoms with Gasteiger partial charge in [-0.2, -0.15) is 0 Å². The number of pyridine rings is 1. The van der Waals surface area contributed by atoms with Crippen molar-refractivity contribution in [2.45, 2.75) is 37.5 Å². The molecule has 0 N–H and O–H groups in total. The van der Waals surface area contributed by atoms with Crippen LogP contribution in [0.2, 0.25) is 5.02 Å². The Balaban J connectivity index is 1.71. The molecule has 4 bridgehead atoms. The van der Waals surface area contributed by atoms with E-state index in [9.17, 15) is 0 Å². The number of nitrogens with zero attached hydrogens (tertiary/aromatic N) is 1. The van der Waals surface area contributed by atoms with Gasteiger partial charge in [-0.25, -0.2) is 0 Å². The van der Waals surface area contributed by atoms with E-state index in [1.807, 2.05) is 6.20 Å². The minimum absolute atomic E-state index is 0.109. The van der Waals surface area contributed by atoms with Crippen molar-refractivity contribution in [3.63, 3.8) is 0 Å². The Morgan fingerprint density at radius 1 is 0.870 bits per heavy atom. The molecule has 2 aromatic rings. The molecule has 23 heavy (non-hydrogen) atoms. The summed E-state index contributed by atoms with van der Waals surface area (Å²) in [6.07, 6.45) is 9.00. The third-order valence-electron chi connectivity index (χ3n) is 7.34. The average molecular weight is 322 g/mol. The van der Waals surface area contributed by atoms with Gasteiger partial charge < -0.3 is 0 Å². The van der Waals surface area contributed by atoms with Crippen molar-refractivity contribution in [3.8, 4) is 11.1 Å². The zero-order valence-electron chi connectivity index (χ0n) is 13.1. The second kappa shape index (κ2) is 4.19. The third kappa shape index (κ3) is 1.40. The minimum atomic E-state index is 0.109. The number of benzene rings is 1. The van der Waals surface area contributed by atoms with E-state index in [4.69, 9.17) is 16.6 Å². The largest absolute Gasteiger partial charge is 0.260 e. The topological polar surface area (TPSA) is 12.9 Å². The first-order valence-electron chi connectivity index (χ1n) is 9.03. The van der Waals surface area contributed by atoms with Gasteiger partial charge in [0.2, 0.25) is 0 Å². The standard InChI is InChI=1S/C21H20ClN/c22-18-5-1-3-16-17-4-2-6-23-20(17)21(19(16)18)14-8-12-7-13(10-14)11-15(21)9-12/h1-6,12-15H,7-11H2. The van der Waals surface area contributed by atoms with Crippen molar-refractivity contribution in [1.82, 2.24) is 4.98 Å². The molecule has 7 rings (SSSR count). The number of rotatable bonds is 0. The normalized spacial score (nSPS) is 38.8. The molecule has 0 aliphatic heterocycles. The monoisotopic (exact) mass is 321 g/mol. The molecule has 116 valence electrons. The Morgan fingerprint density at radius 2 is 1.57 bits per heavy atom. The molecule has 2 heteroatoms. The summed E-state index contributed by atoms with van der Waals surface area (Å²) in [6.45, 7) is 0. The fraction of sp³-hybridized carbons (Fsp3) is 0.476. The summed E-state index contributed by atoms with van der Waals surface area (Å²) in [6, 6.07) is 10.8. The maximum Gasteiger partial charge on any atom is 0.0593 e. The van der Waals surface area contributed by atoms with Crippen LogP contribution in [0.25, 0.3) is 11.1 Å². The predicted molar refractivity (Wildman–Crippen MR) is 92.5 cm³/mol. The molecule has 0 unspecified atom stereocenters. The highest BCUT2D eigenvalue weighted by molar-refractivity contribution is 6.32. The summed E-state index contributed by atoms with van der Waals surface area (Å²) in [5.41, 5.74) is 5.57. The molecule has 0 saturated heterocycles. The molecule has 5 aliphatic rings. The van der Waals surface area contributed by atoms with Crippen molar-refractivity contribution in [1.29, 1.82) is 0 Å². The van der Waals surface area contributed by atoms with E-state index in [0.29, 0.717) is 0 Å². The molecular formula is C21H20ClN. The van der Waals surface area contributed by atoms with E-state index in [1.54, 1.807) is 0 Å². The summed E-state index contributed by atoms with van der Waals surface area (Å²) < 4.78 is 0. The van der Waals surface area contributed by atoms with Gasteiger partial charge in [-0.15, -0.1) is 0 Å². The lowest BCUT2D eigenvalue weighted by molar-refractivity contribution is -0.0415. The summed E-state index contributed by atoms with van der Waals surface area (Å²) in [4.78, 5) is 4.96. The molecule has 1 aromatic carbocycles. The highest BCUT2D eigenvalue weighted by Crippen LogP contribution is 2.69. The van der Waals surface area contributed by atoms with Crippen LogP contribution in [0.1, 0.15) is 43.4 Å². The summed E-state index contributed by atoms with van der Waals surface area (Å²) in [7, 11) is 0. The second-order valence-electron chi connectivity index (χ2n) is 8.24. The summed E-state index contributed by atoms with van der Waals surface area (Å²) in [5, 5.41) is 0.966. The summed E-state index contributed by atoms with van der Waals surface area (Å²) in [5.74, 6) is 3.41. The van der Waals surface area contributed by atoms with E-state index in [0.717, 1.165) is 28.7 Å². The molecule has 0 amide bonds. The first-order valence-corrected chi connectivity index (χ1v) is 9.41. The molecule has 4 fully saturated rings. The highest BCUT2D eigenvalue weighted by atomic mass is 35.5. The van der Waals surface area contributed by atoms with Crippen molar-refractivity contribution >= 4 is 11.6 Å². The molecular weight excluding hydrogens is 302 g/mol. The van der Waals surface area contributed by atoms with Crippen LogP contribution in [0.15, 0.2) is 36.5 Å². The zero-order chi connectivity index (χ0) is 15.2. The van der Waals surface area contributed by atoms with Crippen molar-refractivity contribution in [2.24, 2.45) is 23.7 Å². The first kappa shape index (κ1) is 13.0. The Kier molecular flexibility index (Phi) is 2.37. The van der Waals surface area contributed by atoms with Crippen LogP contribution >= 0.6 is 11.6 Å². The number of hydrogen-bond acceptors (Lipinski definition) is 1. The lowest BCUT2D eigenvalue weighted by Gasteiger charge is -2.60. The molecule has 4 saturated carbocycles. The number of aromatic nitrogens is 1. The molecule has 1 spiro atoms. The van der Waals surface area contributed by atoms with Crippen LogP contribution in [0.5, 0.6) is 0 Å². The highest BCUT2D eigenvalue weighted by Gasteiger charge is 2.62. The second-order valence-corrected chi connectivity index (χ2v) is 8.64. The predicted octanol–water partition coefficient (Wildman–Crippen LogP) is 5.46. The zero-order valence-corrected chi connectivity index (χ0v) is 13.9. The van der Waals surface area contributed by atoms with Crippen LogP contribution in [0, 0.1) is 23.7 Å². The van der Waals surface area contributed by atoms with E-state index in [1.165, 1.54) is 54.5 Å². The van der Waals surface area contributed by atoms with Gasteiger partial charge in [0.25, 0.3) is 0 Å². The van der Waals surface area contributed by atoms with Gasteiger partial charge in [-0.3, -0.25) is 4.98 Å². The Morgan fingerprint density at radius 3 is 2.30 bits per heavy atom. The van der Waals surface area contributed by atoms with Crippen LogP contribution in [-0.2, 0) is 5.41 Å². The van der Waals surface area contributed by atoms with Crippen LogP contribution < -0.4 is 0 Å². The van der Waals surface area contributed by atoms with Gasteiger partial charge in [0.15, 0.2) is 0 Å². The molecule has 0 radical (unpaired) electrons. The minimum Gasteiger partial charge on any atom is -0.260 e. The SMILES string of the molecule is Clc1cccc2c1C1(c3ncccc3-2)C2CC3CC(C2)CC1C3. The Hall–Kier alpha value is -1.34. The number of hydrogen-bond donors (Lipinski definition) is 0. The molecule has 1 nitrogen and oxygen atoms in total. The number of fused-ring (bicyclic) bond motifs is 3. The fourth-order valence-electron chi connectivity index (χ4n) is 6.96. The number of halogens is 1. The lowest BCUT2D eigenvalue weighted by Crippen LogP contribution is -2.55. The van der Waals surface area contributed by atoms with E-state index >= 15 is 0 Å². The van der Waals surface area contributed by atoms with Crippen molar-refractivity contribution in [3.05, 3.63) is 52.8 Å². The van der Waals surface area contributed by atoms with Gasteiger partial charge in [0.1, 0.15) is 0 Å². The molecule has 0 atom stereocenters. The van der Waals surface area contributed by atoms with Gasteiger partial charge >= 0.3 is 0 Å². The van der Waals surface area contributed by atoms with Gasteiger partial charge in [-0.05, 0) is 79.0 Å². The Labute approximate surface area is 142 Å². The maximum atomic E-state index is 6.81. The maximum absolute atomic E-state index is 6.81. The van der Waals surface area contributed by atoms with Crippen LogP contribution in [-0.4, -0.2) is 4.98 Å². The summed E-state index contributed by atoms with van der Waals surface area (Å²) >= 11 is 6.81. The average Bonchev–Trinajstić information content (AvgIpc) is 2.85. The van der Waals surface area contributed by atoms with Crippen molar-refractivity contribution < 1.29 is 0 Å². The molecule has 5 aliphatic carbocycles. The van der Waals surface area contributed by atoms with Crippen LogP contribution in [0.4, 0.5) is 0 Å². The smallest absolute Gasteiger partial charge is 0.0593 e. The van der Waals surface area contributed by atoms with E-state index in [2.05, 4.69) is 30.3 Å². The van der Waals surface area contributed by atoms with Gasteiger partial charge in [-0.1, -0.05) is 29.8 Å². The lowest BCUT2D eigenvalue weighted by atomic mass is 9.43. The van der Waals surface area contributed by atoms with Crippen molar-refractivity contribution in [2.75, 3.05) is 0 Å². The van der Waals surface area contributed by atoms with Gasteiger partial charge in [0, 0.05) is 22.2 Å². The fourth-order valence-corrected chi connectivity index (χ4v) is 7.29. The van der Waals surface area contributed by atoms with E-state index in [-0.39, 0.29) is 5.41 Å². The van der Waals surface area contributed by atoms with Gasteiger partial charge in [0.05, 0.1) is 5.69 Å². The molecule has 1 heterocycles. The quantitative estimate of drug-likeness (QED) is 0.628. The first-order chi connectivity index (χ1) is 11.3. The third-order valence-corrected chi connectivity index (χ3v) is 7.66. The van der Waals surface area contributed by atoms with E-state index < -0.39 is 0 Å². The van der Waals surface area contributed by atoms with Crippen LogP contribution in [0.3, 0.4) is 0 Å². The Bertz CT molecular complexity index is 796. The molecule has 1 aromatic heterocycles.